The van der Waals surface area contributed by atoms with Crippen molar-refractivity contribution in [2.45, 2.75) is 67.2 Å². The van der Waals surface area contributed by atoms with Crippen molar-refractivity contribution in [2.75, 3.05) is 0 Å². The van der Waals surface area contributed by atoms with Crippen LogP contribution in [0, 0.1) is 6.92 Å². The molecule has 0 saturated carbocycles. The zero-order valence-electron chi connectivity index (χ0n) is 12.3. The van der Waals surface area contributed by atoms with Crippen LogP contribution in [0.5, 0.6) is 0 Å². The fourth-order valence-corrected chi connectivity index (χ4v) is 0.951. The maximum Gasteiger partial charge on any atom is -0.0219 e. The molecule has 1 aromatic carbocycles. The summed E-state index contributed by atoms with van der Waals surface area (Å²) in [6, 6.07) is 8.71. The zero-order valence-corrected chi connectivity index (χ0v) is 12.3. The number of hydrogen-bond acceptors (Lipinski definition) is 0. The molecule has 16 heavy (non-hydrogen) atoms. The molecule has 0 nitrogen and oxygen atoms in total. The minimum absolute atomic E-state index is 0.653. The van der Waals surface area contributed by atoms with Crippen molar-refractivity contribution in [1.29, 1.82) is 0 Å². The van der Waals surface area contributed by atoms with Crippen LogP contribution in [0.15, 0.2) is 24.3 Å². The SMILES string of the molecule is CC.CCCC.Cc1ccc(C(C)C)cc1. The van der Waals surface area contributed by atoms with Crippen LogP contribution in [-0.4, -0.2) is 0 Å². The quantitative estimate of drug-likeness (QED) is 0.580. The van der Waals surface area contributed by atoms with Crippen LogP contribution < -0.4 is 0 Å². The molecule has 1 rings (SSSR count). The summed E-state index contributed by atoms with van der Waals surface area (Å²) >= 11 is 0. The van der Waals surface area contributed by atoms with Gasteiger partial charge in [-0.05, 0) is 18.4 Å². The Hall–Kier alpha value is -0.780. The molecule has 0 aliphatic rings. The van der Waals surface area contributed by atoms with Gasteiger partial charge in [0, 0.05) is 0 Å². The van der Waals surface area contributed by atoms with Crippen molar-refractivity contribution in [2.24, 2.45) is 0 Å². The van der Waals surface area contributed by atoms with Gasteiger partial charge >= 0.3 is 0 Å². The second-order valence-corrected chi connectivity index (χ2v) is 4.07. The summed E-state index contributed by atoms with van der Waals surface area (Å²) in [6.07, 6.45) is 2.64. The van der Waals surface area contributed by atoms with E-state index in [1.165, 1.54) is 24.0 Å². The summed E-state index contributed by atoms with van der Waals surface area (Å²) < 4.78 is 0. The van der Waals surface area contributed by atoms with Gasteiger partial charge in [-0.2, -0.15) is 0 Å². The summed E-state index contributed by atoms with van der Waals surface area (Å²) in [7, 11) is 0. The highest BCUT2D eigenvalue weighted by molar-refractivity contribution is 5.23. The van der Waals surface area contributed by atoms with Crippen LogP contribution in [0.1, 0.15) is 71.4 Å². The number of unbranched alkanes of at least 4 members (excludes halogenated alkanes) is 1. The van der Waals surface area contributed by atoms with Crippen LogP contribution >= 0.6 is 0 Å². The lowest BCUT2D eigenvalue weighted by Gasteiger charge is -2.03. The van der Waals surface area contributed by atoms with Crippen LogP contribution in [-0.2, 0) is 0 Å². The van der Waals surface area contributed by atoms with Gasteiger partial charge in [0.1, 0.15) is 0 Å². The predicted octanol–water partition coefficient (Wildman–Crippen LogP) is 5.95. The highest BCUT2D eigenvalue weighted by Gasteiger charge is 1.95. The maximum absolute atomic E-state index is 2.21. The van der Waals surface area contributed by atoms with Crippen LogP contribution in [0.25, 0.3) is 0 Å². The van der Waals surface area contributed by atoms with E-state index in [0.717, 1.165) is 0 Å². The van der Waals surface area contributed by atoms with Crippen molar-refractivity contribution < 1.29 is 0 Å². The van der Waals surface area contributed by atoms with Gasteiger partial charge in [-0.25, -0.2) is 0 Å². The first kappa shape index (κ1) is 17.6. The van der Waals surface area contributed by atoms with E-state index in [-0.39, 0.29) is 0 Å². The Kier molecular flexibility index (Phi) is 13.5. The molecule has 0 saturated heterocycles. The van der Waals surface area contributed by atoms with Crippen molar-refractivity contribution >= 4 is 0 Å². The standard InChI is InChI=1S/C10H14.C4H10.C2H6/c1-8(2)10-6-4-9(3)5-7-10;1-3-4-2;1-2/h4-8H,1-3H3;3-4H2,1-2H3;1-2H3. The molecule has 0 aliphatic carbocycles. The number of rotatable bonds is 2. The molecule has 0 spiro atoms. The third-order valence-electron chi connectivity index (χ3n) is 2.24. The Morgan fingerprint density at radius 3 is 1.50 bits per heavy atom. The molecule has 0 amide bonds. The molecule has 0 N–H and O–H groups in total. The number of hydrogen-bond donors (Lipinski definition) is 0. The first-order valence-electron chi connectivity index (χ1n) is 6.68. The van der Waals surface area contributed by atoms with E-state index >= 15 is 0 Å². The van der Waals surface area contributed by atoms with E-state index < -0.39 is 0 Å². The van der Waals surface area contributed by atoms with Gasteiger partial charge in [0.25, 0.3) is 0 Å². The average molecular weight is 222 g/mol. The van der Waals surface area contributed by atoms with E-state index in [4.69, 9.17) is 0 Å². The number of benzene rings is 1. The molecular weight excluding hydrogens is 192 g/mol. The van der Waals surface area contributed by atoms with Crippen LogP contribution in [0.2, 0.25) is 0 Å². The van der Waals surface area contributed by atoms with Crippen molar-refractivity contribution in [3.63, 3.8) is 0 Å². The summed E-state index contributed by atoms with van der Waals surface area (Å²) in [4.78, 5) is 0. The molecule has 0 radical (unpaired) electrons. The minimum Gasteiger partial charge on any atom is -0.0683 e. The van der Waals surface area contributed by atoms with Crippen molar-refractivity contribution in [1.82, 2.24) is 0 Å². The molecule has 0 heteroatoms. The Balaban J connectivity index is 0. The van der Waals surface area contributed by atoms with E-state index in [2.05, 4.69) is 58.9 Å². The highest BCUT2D eigenvalue weighted by atomic mass is 14.0. The largest absolute Gasteiger partial charge is 0.0683 e. The molecule has 94 valence electrons. The second kappa shape index (κ2) is 12.3. The van der Waals surface area contributed by atoms with Crippen LogP contribution in [0.4, 0.5) is 0 Å². The molecule has 0 fully saturated rings. The van der Waals surface area contributed by atoms with Crippen LogP contribution in [0.3, 0.4) is 0 Å². The van der Waals surface area contributed by atoms with Gasteiger partial charge in [-0.15, -0.1) is 0 Å². The minimum atomic E-state index is 0.653. The van der Waals surface area contributed by atoms with Gasteiger partial charge in [-0.1, -0.05) is 84.2 Å². The second-order valence-electron chi connectivity index (χ2n) is 4.07. The summed E-state index contributed by atoms with van der Waals surface area (Å²) in [5.74, 6) is 0.653. The lowest BCUT2D eigenvalue weighted by molar-refractivity contribution is 0.866. The topological polar surface area (TPSA) is 0 Å². The summed E-state index contributed by atoms with van der Waals surface area (Å²) in [5, 5.41) is 0. The Bertz CT molecular complexity index is 216. The smallest absolute Gasteiger partial charge is 0.0219 e. The summed E-state index contributed by atoms with van der Waals surface area (Å²) in [6.45, 7) is 14.9. The Morgan fingerprint density at radius 1 is 0.875 bits per heavy atom. The lowest BCUT2D eigenvalue weighted by atomic mass is 10.0. The normalized spacial score (nSPS) is 8.75. The first-order chi connectivity index (χ1) is 7.61. The third-order valence-corrected chi connectivity index (χ3v) is 2.24. The Labute approximate surface area is 103 Å². The molecular formula is C16H30. The molecule has 0 unspecified atom stereocenters. The van der Waals surface area contributed by atoms with Crippen molar-refractivity contribution in [3.8, 4) is 0 Å². The van der Waals surface area contributed by atoms with E-state index in [1.807, 2.05) is 13.8 Å². The molecule has 0 bridgehead atoms. The third kappa shape index (κ3) is 9.76. The van der Waals surface area contributed by atoms with E-state index in [0.29, 0.717) is 5.92 Å². The Morgan fingerprint density at radius 2 is 1.25 bits per heavy atom. The maximum atomic E-state index is 2.21. The number of aryl methyl sites for hydroxylation is 1. The fourth-order valence-electron chi connectivity index (χ4n) is 0.951. The average Bonchev–Trinajstić information content (AvgIpc) is 2.32. The summed E-state index contributed by atoms with van der Waals surface area (Å²) in [5.41, 5.74) is 2.76. The molecule has 0 atom stereocenters. The van der Waals surface area contributed by atoms with Gasteiger partial charge in [-0.3, -0.25) is 0 Å². The fraction of sp³-hybridized carbons (Fsp3) is 0.625. The molecule has 0 heterocycles. The van der Waals surface area contributed by atoms with Gasteiger partial charge in [0.05, 0.1) is 0 Å². The zero-order chi connectivity index (χ0) is 13.0. The first-order valence-corrected chi connectivity index (χ1v) is 6.68. The monoisotopic (exact) mass is 222 g/mol. The molecule has 0 aliphatic heterocycles. The van der Waals surface area contributed by atoms with Crippen molar-refractivity contribution in [3.05, 3.63) is 35.4 Å². The predicted molar refractivity (Wildman–Crippen MR) is 77.2 cm³/mol. The van der Waals surface area contributed by atoms with Gasteiger partial charge in [0.2, 0.25) is 0 Å². The lowest BCUT2D eigenvalue weighted by Crippen LogP contribution is -1.85. The van der Waals surface area contributed by atoms with Gasteiger partial charge in [0.15, 0.2) is 0 Å². The van der Waals surface area contributed by atoms with E-state index in [9.17, 15) is 0 Å². The molecule has 0 aromatic heterocycles. The van der Waals surface area contributed by atoms with E-state index in [1.54, 1.807) is 0 Å². The van der Waals surface area contributed by atoms with Gasteiger partial charge < -0.3 is 0 Å². The highest BCUT2D eigenvalue weighted by Crippen LogP contribution is 2.13. The molecule has 1 aromatic rings.